The Labute approximate surface area is 141 Å². The molecule has 0 atom stereocenters. The van der Waals surface area contributed by atoms with Crippen LogP contribution in [0.15, 0.2) is 30.3 Å². The van der Waals surface area contributed by atoms with Crippen molar-refractivity contribution in [2.45, 2.75) is 20.8 Å². The second kappa shape index (κ2) is 6.83. The van der Waals surface area contributed by atoms with E-state index in [0.717, 1.165) is 22.4 Å². The molecule has 126 valence electrons. The minimum atomic E-state index is -0.217. The molecule has 1 amide bonds. The molecule has 2 aromatic carbocycles. The van der Waals surface area contributed by atoms with Gasteiger partial charge in [0, 0.05) is 11.8 Å². The third-order valence-corrected chi connectivity index (χ3v) is 3.95. The topological polar surface area (TPSA) is 56.8 Å². The van der Waals surface area contributed by atoms with Crippen molar-refractivity contribution in [2.75, 3.05) is 25.1 Å². The quantitative estimate of drug-likeness (QED) is 0.935. The number of amides is 1. The van der Waals surface area contributed by atoms with Crippen LogP contribution in [0.5, 0.6) is 17.2 Å². The van der Waals surface area contributed by atoms with Gasteiger partial charge in [0.2, 0.25) is 0 Å². The molecule has 0 saturated carbocycles. The number of carbonyl (C=O) groups is 1. The predicted molar refractivity (Wildman–Crippen MR) is 92.2 cm³/mol. The maximum absolute atomic E-state index is 12.1. The van der Waals surface area contributed by atoms with Gasteiger partial charge < -0.3 is 19.5 Å². The molecule has 0 spiro atoms. The molecule has 0 fully saturated rings. The summed E-state index contributed by atoms with van der Waals surface area (Å²) in [5.41, 5.74) is 3.97. The molecule has 5 nitrogen and oxygen atoms in total. The molecule has 2 aromatic rings. The van der Waals surface area contributed by atoms with Crippen LogP contribution in [0.3, 0.4) is 0 Å². The Morgan fingerprint density at radius 2 is 1.83 bits per heavy atom. The van der Waals surface area contributed by atoms with Crippen LogP contribution in [-0.2, 0) is 4.79 Å². The number of benzene rings is 2. The Hall–Kier alpha value is -2.69. The lowest BCUT2D eigenvalue weighted by Gasteiger charge is -2.19. The fraction of sp³-hybridized carbons (Fsp3) is 0.316. The summed E-state index contributed by atoms with van der Waals surface area (Å²) in [5.74, 6) is 1.86. The van der Waals surface area contributed by atoms with Gasteiger partial charge in [0.1, 0.15) is 19.0 Å². The van der Waals surface area contributed by atoms with Crippen molar-refractivity contribution >= 4 is 11.6 Å². The summed E-state index contributed by atoms with van der Waals surface area (Å²) >= 11 is 0. The van der Waals surface area contributed by atoms with Crippen molar-refractivity contribution in [1.82, 2.24) is 0 Å². The largest absolute Gasteiger partial charge is 0.486 e. The third-order valence-electron chi connectivity index (χ3n) is 3.95. The Bertz CT molecular complexity index is 770. The van der Waals surface area contributed by atoms with Crippen LogP contribution in [0.2, 0.25) is 0 Å². The van der Waals surface area contributed by atoms with Crippen molar-refractivity contribution in [3.63, 3.8) is 0 Å². The van der Waals surface area contributed by atoms with E-state index in [-0.39, 0.29) is 12.5 Å². The van der Waals surface area contributed by atoms with Gasteiger partial charge >= 0.3 is 0 Å². The minimum Gasteiger partial charge on any atom is -0.486 e. The SMILES string of the molecule is Cc1cc(C)c(C)c(OCC(=O)Nc2ccc3c(c2)OCCO3)c1. The summed E-state index contributed by atoms with van der Waals surface area (Å²) < 4.78 is 16.6. The van der Waals surface area contributed by atoms with E-state index in [0.29, 0.717) is 30.4 Å². The molecule has 1 aliphatic rings. The van der Waals surface area contributed by atoms with Crippen LogP contribution in [0.4, 0.5) is 5.69 Å². The van der Waals surface area contributed by atoms with Crippen LogP contribution in [-0.4, -0.2) is 25.7 Å². The Kier molecular flexibility index (Phi) is 4.60. The summed E-state index contributed by atoms with van der Waals surface area (Å²) in [6.45, 7) is 7.04. The van der Waals surface area contributed by atoms with Crippen LogP contribution in [0, 0.1) is 20.8 Å². The second-order valence-electron chi connectivity index (χ2n) is 5.90. The number of nitrogens with one attached hydrogen (secondary N) is 1. The molecule has 1 aliphatic heterocycles. The lowest BCUT2D eigenvalue weighted by atomic mass is 10.1. The normalized spacial score (nSPS) is 12.6. The van der Waals surface area contributed by atoms with Crippen LogP contribution in [0.25, 0.3) is 0 Å². The third kappa shape index (κ3) is 3.62. The van der Waals surface area contributed by atoms with Gasteiger partial charge in [-0.25, -0.2) is 0 Å². The van der Waals surface area contributed by atoms with Crippen LogP contribution >= 0.6 is 0 Å². The molecule has 1 heterocycles. The van der Waals surface area contributed by atoms with Gasteiger partial charge in [-0.1, -0.05) is 6.07 Å². The number of anilines is 1. The molecule has 0 aromatic heterocycles. The Balaban J connectivity index is 1.62. The highest BCUT2D eigenvalue weighted by Crippen LogP contribution is 2.32. The van der Waals surface area contributed by atoms with Gasteiger partial charge in [0.25, 0.3) is 5.91 Å². The Morgan fingerprint density at radius 3 is 2.62 bits per heavy atom. The fourth-order valence-corrected chi connectivity index (χ4v) is 2.61. The van der Waals surface area contributed by atoms with E-state index in [1.807, 2.05) is 26.8 Å². The van der Waals surface area contributed by atoms with Crippen molar-refractivity contribution in [2.24, 2.45) is 0 Å². The first-order valence-electron chi connectivity index (χ1n) is 7.93. The van der Waals surface area contributed by atoms with Gasteiger partial charge in [-0.15, -0.1) is 0 Å². The van der Waals surface area contributed by atoms with Crippen molar-refractivity contribution in [1.29, 1.82) is 0 Å². The van der Waals surface area contributed by atoms with Gasteiger partial charge in [-0.2, -0.15) is 0 Å². The molecule has 1 N–H and O–H groups in total. The van der Waals surface area contributed by atoms with E-state index in [1.54, 1.807) is 18.2 Å². The number of hydrogen-bond donors (Lipinski definition) is 1. The summed E-state index contributed by atoms with van der Waals surface area (Å²) in [6.07, 6.45) is 0. The summed E-state index contributed by atoms with van der Waals surface area (Å²) in [4.78, 5) is 12.1. The highest BCUT2D eigenvalue weighted by Gasteiger charge is 2.13. The van der Waals surface area contributed by atoms with Crippen molar-refractivity contribution < 1.29 is 19.0 Å². The molecule has 0 aliphatic carbocycles. The average molecular weight is 327 g/mol. The smallest absolute Gasteiger partial charge is 0.262 e. The molecule has 0 unspecified atom stereocenters. The molecule has 0 bridgehead atoms. The average Bonchev–Trinajstić information content (AvgIpc) is 2.56. The number of fused-ring (bicyclic) bond motifs is 1. The van der Waals surface area contributed by atoms with E-state index in [1.165, 1.54) is 0 Å². The highest BCUT2D eigenvalue weighted by atomic mass is 16.6. The second-order valence-corrected chi connectivity index (χ2v) is 5.90. The first-order chi connectivity index (χ1) is 11.5. The van der Waals surface area contributed by atoms with E-state index in [9.17, 15) is 4.79 Å². The first-order valence-corrected chi connectivity index (χ1v) is 7.93. The standard InChI is InChI=1S/C19H21NO4/c1-12-8-13(2)14(3)17(9-12)24-11-19(21)20-15-4-5-16-18(10-15)23-7-6-22-16/h4-5,8-10H,6-7,11H2,1-3H3,(H,20,21). The van der Waals surface area contributed by atoms with Crippen LogP contribution < -0.4 is 19.5 Å². The zero-order valence-electron chi connectivity index (χ0n) is 14.1. The summed E-state index contributed by atoms with van der Waals surface area (Å²) in [7, 11) is 0. The monoisotopic (exact) mass is 327 g/mol. The van der Waals surface area contributed by atoms with Crippen LogP contribution in [0.1, 0.15) is 16.7 Å². The molecule has 0 radical (unpaired) electrons. The number of carbonyl (C=O) groups excluding carboxylic acids is 1. The maximum Gasteiger partial charge on any atom is 0.262 e. The van der Waals surface area contributed by atoms with Gasteiger partial charge in [-0.3, -0.25) is 4.79 Å². The Morgan fingerprint density at radius 1 is 1.08 bits per heavy atom. The van der Waals surface area contributed by atoms with Gasteiger partial charge in [0.05, 0.1) is 0 Å². The number of hydrogen-bond acceptors (Lipinski definition) is 4. The fourth-order valence-electron chi connectivity index (χ4n) is 2.61. The summed E-state index contributed by atoms with van der Waals surface area (Å²) in [6, 6.07) is 9.37. The minimum absolute atomic E-state index is 0.0435. The van der Waals surface area contributed by atoms with Crippen molar-refractivity contribution in [3.8, 4) is 17.2 Å². The molecule has 5 heteroatoms. The molecule has 0 saturated heterocycles. The lowest BCUT2D eigenvalue weighted by Crippen LogP contribution is -2.21. The number of ether oxygens (including phenoxy) is 3. The maximum atomic E-state index is 12.1. The van der Waals surface area contributed by atoms with E-state index < -0.39 is 0 Å². The molecule has 3 rings (SSSR count). The predicted octanol–water partition coefficient (Wildman–Crippen LogP) is 3.40. The summed E-state index contributed by atoms with van der Waals surface area (Å²) in [5, 5.41) is 2.81. The van der Waals surface area contributed by atoms with Crippen molar-refractivity contribution in [3.05, 3.63) is 47.0 Å². The molecular formula is C19H21NO4. The number of rotatable bonds is 4. The zero-order valence-corrected chi connectivity index (χ0v) is 14.1. The number of aryl methyl sites for hydroxylation is 2. The van der Waals surface area contributed by atoms with E-state index in [4.69, 9.17) is 14.2 Å². The molecule has 24 heavy (non-hydrogen) atoms. The van der Waals surface area contributed by atoms with E-state index >= 15 is 0 Å². The zero-order chi connectivity index (χ0) is 17.1. The van der Waals surface area contributed by atoms with Gasteiger partial charge in [-0.05, 0) is 55.7 Å². The van der Waals surface area contributed by atoms with Gasteiger partial charge in [0.15, 0.2) is 18.1 Å². The first kappa shape index (κ1) is 16.2. The lowest BCUT2D eigenvalue weighted by molar-refractivity contribution is -0.118. The molecular weight excluding hydrogens is 306 g/mol. The highest BCUT2D eigenvalue weighted by molar-refractivity contribution is 5.92. The van der Waals surface area contributed by atoms with E-state index in [2.05, 4.69) is 11.4 Å².